The largest absolute Gasteiger partial charge is 0.416 e. The molecule has 0 aliphatic carbocycles. The third-order valence-electron chi connectivity index (χ3n) is 5.19. The highest BCUT2D eigenvalue weighted by Crippen LogP contribution is 2.34. The average molecular weight is 363 g/mol. The maximum atomic E-state index is 12.9. The zero-order valence-electron chi connectivity index (χ0n) is 14.6. The Bertz CT molecular complexity index is 694. The Kier molecular flexibility index (Phi) is 5.99. The van der Waals surface area contributed by atoms with Gasteiger partial charge in [-0.3, -0.25) is 0 Å². The Morgan fingerprint density at radius 1 is 1.00 bits per heavy atom. The fourth-order valence-electron chi connectivity index (χ4n) is 3.60. The number of rotatable bonds is 5. The molecule has 0 spiro atoms. The zero-order valence-corrected chi connectivity index (χ0v) is 14.6. The van der Waals surface area contributed by atoms with Gasteiger partial charge in [0.05, 0.1) is 11.7 Å². The number of halogens is 3. The Hall–Kier alpha value is -1.85. The van der Waals surface area contributed by atoms with Gasteiger partial charge in [0, 0.05) is 6.54 Å². The molecule has 1 N–H and O–H groups in total. The summed E-state index contributed by atoms with van der Waals surface area (Å²) < 4.78 is 38.6. The lowest BCUT2D eigenvalue weighted by Gasteiger charge is -2.34. The Labute approximate surface area is 152 Å². The lowest BCUT2D eigenvalue weighted by atomic mass is 9.87. The minimum Gasteiger partial charge on any atom is -0.388 e. The van der Waals surface area contributed by atoms with Crippen LogP contribution in [-0.4, -0.2) is 29.6 Å². The van der Waals surface area contributed by atoms with E-state index in [9.17, 15) is 18.3 Å². The normalized spacial score (nSPS) is 18.0. The van der Waals surface area contributed by atoms with Crippen molar-refractivity contribution in [1.29, 1.82) is 0 Å². The van der Waals surface area contributed by atoms with Crippen LogP contribution in [0.15, 0.2) is 54.6 Å². The molecule has 0 amide bonds. The molecule has 3 rings (SSSR count). The van der Waals surface area contributed by atoms with Crippen molar-refractivity contribution in [3.05, 3.63) is 71.3 Å². The molecule has 1 atom stereocenters. The summed E-state index contributed by atoms with van der Waals surface area (Å²) in [6, 6.07) is 15.4. The second kappa shape index (κ2) is 8.23. The number of aliphatic hydroxyl groups excluding tert-OH is 1. The fraction of sp³-hybridized carbons (Fsp3) is 0.429. The molecule has 2 aromatic carbocycles. The lowest BCUT2D eigenvalue weighted by molar-refractivity contribution is -0.137. The molecule has 26 heavy (non-hydrogen) atoms. The second-order valence-corrected chi connectivity index (χ2v) is 6.98. The number of aliphatic hydroxyl groups is 1. The molecule has 1 heterocycles. The molecule has 5 heteroatoms. The molecule has 1 saturated heterocycles. The van der Waals surface area contributed by atoms with E-state index in [4.69, 9.17) is 0 Å². The number of nitrogens with zero attached hydrogens (tertiary/aromatic N) is 1. The molecule has 1 unspecified atom stereocenters. The van der Waals surface area contributed by atoms with E-state index in [1.54, 1.807) is 6.07 Å². The maximum Gasteiger partial charge on any atom is 0.416 e. The van der Waals surface area contributed by atoms with Gasteiger partial charge < -0.3 is 10.0 Å². The summed E-state index contributed by atoms with van der Waals surface area (Å²) in [7, 11) is 0. The van der Waals surface area contributed by atoms with Gasteiger partial charge in [0.15, 0.2) is 0 Å². The maximum absolute atomic E-state index is 12.9. The molecule has 0 saturated carbocycles. The Morgan fingerprint density at radius 3 is 2.35 bits per heavy atom. The summed E-state index contributed by atoms with van der Waals surface area (Å²) in [6.07, 6.45) is -2.63. The molecular weight excluding hydrogens is 339 g/mol. The van der Waals surface area contributed by atoms with E-state index < -0.39 is 17.8 Å². The van der Waals surface area contributed by atoms with Crippen LogP contribution in [0.5, 0.6) is 0 Å². The lowest BCUT2D eigenvalue weighted by Crippen LogP contribution is -2.36. The second-order valence-electron chi connectivity index (χ2n) is 6.98. The zero-order chi connectivity index (χ0) is 18.6. The summed E-state index contributed by atoms with van der Waals surface area (Å²) in [4.78, 5) is 2.36. The van der Waals surface area contributed by atoms with E-state index >= 15 is 0 Å². The molecule has 0 bridgehead atoms. The highest BCUT2D eigenvalue weighted by molar-refractivity contribution is 5.27. The van der Waals surface area contributed by atoms with Gasteiger partial charge in [-0.2, -0.15) is 13.2 Å². The minimum absolute atomic E-state index is 0.00598. The van der Waals surface area contributed by atoms with E-state index in [1.165, 1.54) is 11.6 Å². The number of alkyl halides is 3. The SMILES string of the molecule is OC(c1cccc(C(F)(F)F)c1)C1CCN(CCc2ccccc2)CC1. The summed E-state index contributed by atoms with van der Waals surface area (Å²) in [5.41, 5.74) is 0.968. The van der Waals surface area contributed by atoms with Crippen LogP contribution < -0.4 is 0 Å². The Morgan fingerprint density at radius 2 is 1.69 bits per heavy atom. The standard InChI is InChI=1S/C21H24F3NO/c22-21(23,24)19-8-4-7-18(15-19)20(26)17-10-13-25(14-11-17)12-9-16-5-2-1-3-6-16/h1-8,15,17,20,26H,9-14H2. The van der Waals surface area contributed by atoms with E-state index in [0.29, 0.717) is 5.56 Å². The Balaban J connectivity index is 1.53. The summed E-state index contributed by atoms with van der Waals surface area (Å²) >= 11 is 0. The summed E-state index contributed by atoms with van der Waals surface area (Å²) in [5, 5.41) is 10.5. The topological polar surface area (TPSA) is 23.5 Å². The van der Waals surface area contributed by atoms with Crippen LogP contribution in [0.4, 0.5) is 13.2 Å². The van der Waals surface area contributed by atoms with E-state index in [-0.39, 0.29) is 5.92 Å². The third kappa shape index (κ3) is 4.86. The monoisotopic (exact) mass is 363 g/mol. The van der Waals surface area contributed by atoms with Crippen LogP contribution in [0.25, 0.3) is 0 Å². The van der Waals surface area contributed by atoms with Crippen molar-refractivity contribution >= 4 is 0 Å². The van der Waals surface area contributed by atoms with Gasteiger partial charge in [-0.1, -0.05) is 42.5 Å². The molecule has 1 aliphatic rings. The van der Waals surface area contributed by atoms with Gasteiger partial charge in [-0.15, -0.1) is 0 Å². The van der Waals surface area contributed by atoms with Crippen LogP contribution in [0.1, 0.15) is 35.6 Å². The van der Waals surface area contributed by atoms with Crippen LogP contribution in [-0.2, 0) is 12.6 Å². The van der Waals surface area contributed by atoms with E-state index in [0.717, 1.165) is 51.0 Å². The quantitative estimate of drug-likeness (QED) is 0.833. The first-order valence-corrected chi connectivity index (χ1v) is 9.05. The minimum atomic E-state index is -4.38. The molecule has 2 aromatic rings. The average Bonchev–Trinajstić information content (AvgIpc) is 2.66. The predicted molar refractivity (Wildman–Crippen MR) is 95.7 cm³/mol. The van der Waals surface area contributed by atoms with Crippen LogP contribution in [0.2, 0.25) is 0 Å². The first-order chi connectivity index (χ1) is 12.4. The van der Waals surface area contributed by atoms with Gasteiger partial charge in [0.2, 0.25) is 0 Å². The smallest absolute Gasteiger partial charge is 0.388 e. The van der Waals surface area contributed by atoms with Crippen LogP contribution in [0, 0.1) is 5.92 Å². The van der Waals surface area contributed by atoms with Gasteiger partial charge in [0.1, 0.15) is 0 Å². The molecule has 140 valence electrons. The molecule has 0 radical (unpaired) electrons. The van der Waals surface area contributed by atoms with Crippen LogP contribution >= 0.6 is 0 Å². The fourth-order valence-corrected chi connectivity index (χ4v) is 3.60. The van der Waals surface area contributed by atoms with E-state index in [1.807, 2.05) is 18.2 Å². The first-order valence-electron chi connectivity index (χ1n) is 9.05. The van der Waals surface area contributed by atoms with E-state index in [2.05, 4.69) is 17.0 Å². The van der Waals surface area contributed by atoms with Crippen molar-refractivity contribution in [2.75, 3.05) is 19.6 Å². The van der Waals surface area contributed by atoms with Crippen molar-refractivity contribution in [3.8, 4) is 0 Å². The predicted octanol–water partition coefficient (Wildman–Crippen LogP) is 4.69. The summed E-state index contributed by atoms with van der Waals surface area (Å²) in [6.45, 7) is 2.71. The van der Waals surface area contributed by atoms with Gasteiger partial charge in [-0.25, -0.2) is 0 Å². The molecule has 2 nitrogen and oxygen atoms in total. The highest BCUT2D eigenvalue weighted by Gasteiger charge is 2.32. The summed E-state index contributed by atoms with van der Waals surface area (Å²) in [5.74, 6) is 0.00598. The van der Waals surface area contributed by atoms with Crippen molar-refractivity contribution < 1.29 is 18.3 Å². The van der Waals surface area contributed by atoms with Crippen molar-refractivity contribution in [3.63, 3.8) is 0 Å². The van der Waals surface area contributed by atoms with Crippen molar-refractivity contribution in [2.24, 2.45) is 5.92 Å². The molecule has 0 aromatic heterocycles. The highest BCUT2D eigenvalue weighted by atomic mass is 19.4. The number of hydrogen-bond acceptors (Lipinski definition) is 2. The number of likely N-dealkylation sites (tertiary alicyclic amines) is 1. The van der Waals surface area contributed by atoms with Crippen LogP contribution in [0.3, 0.4) is 0 Å². The number of piperidine rings is 1. The number of benzene rings is 2. The van der Waals surface area contributed by atoms with Gasteiger partial charge in [0.25, 0.3) is 0 Å². The van der Waals surface area contributed by atoms with Crippen molar-refractivity contribution in [1.82, 2.24) is 4.90 Å². The van der Waals surface area contributed by atoms with Crippen molar-refractivity contribution in [2.45, 2.75) is 31.5 Å². The molecular formula is C21H24F3NO. The third-order valence-corrected chi connectivity index (χ3v) is 5.19. The number of hydrogen-bond donors (Lipinski definition) is 1. The van der Waals surface area contributed by atoms with Gasteiger partial charge in [-0.05, 0) is 61.5 Å². The first kappa shape index (κ1) is 18.9. The molecule has 1 aliphatic heterocycles. The molecule has 1 fully saturated rings. The van der Waals surface area contributed by atoms with Gasteiger partial charge >= 0.3 is 6.18 Å².